The number of hydrogen-bond donors (Lipinski definition) is 2. The second-order valence-corrected chi connectivity index (χ2v) is 2.15. The topological polar surface area (TPSA) is 24.1 Å². The Hall–Kier alpha value is -0.920. The maximum absolute atomic E-state index is 3.23. The number of allylic oxidation sites excluding steroid dienone is 2. The van der Waals surface area contributed by atoms with E-state index >= 15 is 0 Å². The van der Waals surface area contributed by atoms with Crippen molar-refractivity contribution in [1.29, 1.82) is 0 Å². The van der Waals surface area contributed by atoms with Crippen LogP contribution >= 0.6 is 0 Å². The van der Waals surface area contributed by atoms with Crippen LogP contribution in [0.5, 0.6) is 0 Å². The van der Waals surface area contributed by atoms with Gasteiger partial charge in [0, 0.05) is 13.1 Å². The highest BCUT2D eigenvalue weighted by Gasteiger charge is 2.00. The largest absolute Gasteiger partial charge is 0.375 e. The Morgan fingerprint density at radius 3 is 2.89 bits per heavy atom. The molecule has 2 N–H and O–H groups in total. The van der Waals surface area contributed by atoms with E-state index < -0.39 is 0 Å². The summed E-state index contributed by atoms with van der Waals surface area (Å²) in [6, 6.07) is 0.456. The minimum absolute atomic E-state index is 0.456. The second kappa shape index (κ2) is 2.58. The lowest BCUT2D eigenvalue weighted by Gasteiger charge is -2.16. The molecule has 50 valence electrons. The van der Waals surface area contributed by atoms with Gasteiger partial charge in [-0.05, 0) is 13.0 Å². The predicted molar refractivity (Wildman–Crippen MR) is 38.9 cm³/mol. The van der Waals surface area contributed by atoms with Crippen molar-refractivity contribution in [2.45, 2.75) is 13.0 Å². The van der Waals surface area contributed by atoms with Gasteiger partial charge in [0.25, 0.3) is 0 Å². The van der Waals surface area contributed by atoms with Crippen molar-refractivity contribution < 1.29 is 0 Å². The van der Waals surface area contributed by atoms with E-state index in [1.54, 1.807) is 0 Å². The maximum atomic E-state index is 3.23. The van der Waals surface area contributed by atoms with Crippen LogP contribution in [0.25, 0.3) is 0 Å². The van der Waals surface area contributed by atoms with Gasteiger partial charge in [-0.1, -0.05) is 12.2 Å². The molecule has 0 aromatic heterocycles. The zero-order valence-electron chi connectivity index (χ0n) is 5.81. The Labute approximate surface area is 55.6 Å². The quantitative estimate of drug-likeness (QED) is 0.534. The SMILES string of the molecule is CNC1=CC=CC(C)N1. The van der Waals surface area contributed by atoms with Crippen molar-refractivity contribution in [2.75, 3.05) is 7.05 Å². The third kappa shape index (κ3) is 1.49. The molecule has 0 aromatic carbocycles. The standard InChI is InChI=1S/C7H12N2/c1-6-4-3-5-7(8-2)9-6/h3-6,8-9H,1-2H3. The molecule has 0 bridgehead atoms. The molecule has 1 heterocycles. The van der Waals surface area contributed by atoms with Crippen LogP contribution in [0.3, 0.4) is 0 Å². The molecule has 0 amide bonds. The van der Waals surface area contributed by atoms with Gasteiger partial charge in [0.1, 0.15) is 0 Å². The Kier molecular flexibility index (Phi) is 1.78. The molecule has 1 unspecified atom stereocenters. The van der Waals surface area contributed by atoms with Gasteiger partial charge in [-0.25, -0.2) is 0 Å². The van der Waals surface area contributed by atoms with Crippen molar-refractivity contribution in [1.82, 2.24) is 10.6 Å². The highest BCUT2D eigenvalue weighted by Crippen LogP contribution is 1.96. The van der Waals surface area contributed by atoms with E-state index in [4.69, 9.17) is 0 Å². The van der Waals surface area contributed by atoms with Gasteiger partial charge in [-0.3, -0.25) is 0 Å². The molecule has 0 aromatic rings. The lowest BCUT2D eigenvalue weighted by Crippen LogP contribution is -2.31. The van der Waals surface area contributed by atoms with Crippen LogP contribution in [0.1, 0.15) is 6.92 Å². The van der Waals surface area contributed by atoms with Crippen molar-refractivity contribution in [3.05, 3.63) is 24.0 Å². The molecule has 1 rings (SSSR count). The van der Waals surface area contributed by atoms with Crippen LogP contribution in [0.15, 0.2) is 24.0 Å². The van der Waals surface area contributed by atoms with Gasteiger partial charge in [-0.2, -0.15) is 0 Å². The molecule has 1 aliphatic heterocycles. The van der Waals surface area contributed by atoms with Gasteiger partial charge >= 0.3 is 0 Å². The Morgan fingerprint density at radius 1 is 1.67 bits per heavy atom. The van der Waals surface area contributed by atoms with Crippen LogP contribution < -0.4 is 10.6 Å². The second-order valence-electron chi connectivity index (χ2n) is 2.15. The normalized spacial score (nSPS) is 24.7. The number of rotatable bonds is 1. The molecule has 0 saturated heterocycles. The van der Waals surface area contributed by atoms with Gasteiger partial charge in [0.2, 0.25) is 0 Å². The first kappa shape index (κ1) is 6.20. The average Bonchev–Trinajstić information content (AvgIpc) is 1.88. The fourth-order valence-corrected chi connectivity index (χ4v) is 0.815. The van der Waals surface area contributed by atoms with Crippen LogP contribution in [0, 0.1) is 0 Å². The number of hydrogen-bond acceptors (Lipinski definition) is 2. The minimum atomic E-state index is 0.456. The molecule has 2 heteroatoms. The zero-order chi connectivity index (χ0) is 6.69. The molecule has 0 fully saturated rings. The Bertz CT molecular complexity index is 147. The van der Waals surface area contributed by atoms with E-state index in [-0.39, 0.29) is 0 Å². The van der Waals surface area contributed by atoms with Crippen molar-refractivity contribution in [3.63, 3.8) is 0 Å². The average molecular weight is 124 g/mol. The maximum Gasteiger partial charge on any atom is 0.0988 e. The smallest absolute Gasteiger partial charge is 0.0988 e. The number of nitrogens with one attached hydrogen (secondary N) is 2. The molecule has 9 heavy (non-hydrogen) atoms. The number of dihydropyridines is 1. The molecule has 1 aliphatic rings. The monoisotopic (exact) mass is 124 g/mol. The van der Waals surface area contributed by atoms with E-state index in [9.17, 15) is 0 Å². The van der Waals surface area contributed by atoms with Crippen LogP contribution in [-0.4, -0.2) is 13.1 Å². The molecule has 0 radical (unpaired) electrons. The summed E-state index contributed by atoms with van der Waals surface area (Å²) in [5.41, 5.74) is 0. The molecular weight excluding hydrogens is 112 g/mol. The van der Waals surface area contributed by atoms with E-state index in [0.717, 1.165) is 5.82 Å². The zero-order valence-corrected chi connectivity index (χ0v) is 5.81. The molecular formula is C7H12N2. The third-order valence-electron chi connectivity index (χ3n) is 1.32. The van der Waals surface area contributed by atoms with Crippen molar-refractivity contribution in [3.8, 4) is 0 Å². The Morgan fingerprint density at radius 2 is 2.44 bits per heavy atom. The van der Waals surface area contributed by atoms with E-state index in [0.29, 0.717) is 6.04 Å². The van der Waals surface area contributed by atoms with Crippen LogP contribution in [-0.2, 0) is 0 Å². The van der Waals surface area contributed by atoms with Gasteiger partial charge in [0.15, 0.2) is 0 Å². The first-order valence-electron chi connectivity index (χ1n) is 3.15. The first-order valence-corrected chi connectivity index (χ1v) is 3.15. The molecule has 0 spiro atoms. The van der Waals surface area contributed by atoms with Crippen LogP contribution in [0.2, 0.25) is 0 Å². The third-order valence-corrected chi connectivity index (χ3v) is 1.32. The highest BCUT2D eigenvalue weighted by molar-refractivity contribution is 5.17. The summed E-state index contributed by atoms with van der Waals surface area (Å²) in [6.07, 6.45) is 6.17. The summed E-state index contributed by atoms with van der Waals surface area (Å²) in [7, 11) is 1.91. The molecule has 1 atom stereocenters. The lowest BCUT2D eigenvalue weighted by molar-refractivity contribution is 0.669. The minimum Gasteiger partial charge on any atom is -0.375 e. The van der Waals surface area contributed by atoms with Crippen molar-refractivity contribution >= 4 is 0 Å². The highest BCUT2D eigenvalue weighted by atomic mass is 15.1. The summed E-state index contributed by atoms with van der Waals surface area (Å²) < 4.78 is 0. The van der Waals surface area contributed by atoms with E-state index in [1.165, 1.54) is 0 Å². The molecule has 2 nitrogen and oxygen atoms in total. The fraction of sp³-hybridized carbons (Fsp3) is 0.429. The summed E-state index contributed by atoms with van der Waals surface area (Å²) >= 11 is 0. The van der Waals surface area contributed by atoms with Gasteiger partial charge in [-0.15, -0.1) is 0 Å². The van der Waals surface area contributed by atoms with Crippen molar-refractivity contribution in [2.24, 2.45) is 0 Å². The summed E-state index contributed by atoms with van der Waals surface area (Å²) in [5.74, 6) is 1.09. The van der Waals surface area contributed by atoms with Gasteiger partial charge in [0.05, 0.1) is 5.82 Å². The first-order chi connectivity index (χ1) is 4.33. The summed E-state index contributed by atoms with van der Waals surface area (Å²) in [4.78, 5) is 0. The van der Waals surface area contributed by atoms with Gasteiger partial charge < -0.3 is 10.6 Å². The van der Waals surface area contributed by atoms with Crippen LogP contribution in [0.4, 0.5) is 0 Å². The Balaban J connectivity index is 2.55. The molecule has 0 saturated carbocycles. The van der Waals surface area contributed by atoms with E-state index in [2.05, 4.69) is 23.6 Å². The summed E-state index contributed by atoms with van der Waals surface area (Å²) in [6.45, 7) is 2.11. The lowest BCUT2D eigenvalue weighted by atomic mass is 10.2. The summed E-state index contributed by atoms with van der Waals surface area (Å²) in [5, 5.41) is 6.26. The predicted octanol–water partition coefficient (Wildman–Crippen LogP) is 0.595. The fourth-order valence-electron chi connectivity index (χ4n) is 0.815. The molecule has 0 aliphatic carbocycles. The van der Waals surface area contributed by atoms with E-state index in [1.807, 2.05) is 19.2 Å².